The van der Waals surface area contributed by atoms with Gasteiger partial charge < -0.3 is 4.90 Å². The van der Waals surface area contributed by atoms with Crippen LogP contribution in [0.3, 0.4) is 0 Å². The largest absolute Gasteiger partial charge is 0.375 e. The Labute approximate surface area is 105 Å². The van der Waals surface area contributed by atoms with Crippen molar-refractivity contribution in [1.82, 2.24) is 4.90 Å². The van der Waals surface area contributed by atoms with E-state index >= 15 is 0 Å². The van der Waals surface area contributed by atoms with Crippen LogP contribution in [0.4, 0.5) is 0 Å². The van der Waals surface area contributed by atoms with Crippen molar-refractivity contribution in [2.24, 2.45) is 23.2 Å². The van der Waals surface area contributed by atoms with E-state index in [1.165, 1.54) is 58.0 Å². The highest BCUT2D eigenvalue weighted by Crippen LogP contribution is 2.68. The summed E-state index contributed by atoms with van der Waals surface area (Å²) in [5.74, 6) is 3.14. The van der Waals surface area contributed by atoms with E-state index < -0.39 is 0 Å². The van der Waals surface area contributed by atoms with Gasteiger partial charge in [0.05, 0.1) is 0 Å². The second-order valence-corrected chi connectivity index (χ2v) is 7.19. The first-order chi connectivity index (χ1) is 8.28. The Bertz CT molecular complexity index is 325. The lowest BCUT2D eigenvalue weighted by atomic mass is 9.73. The van der Waals surface area contributed by atoms with Gasteiger partial charge in [0.25, 0.3) is 0 Å². The van der Waals surface area contributed by atoms with Gasteiger partial charge in [-0.15, -0.1) is 0 Å². The van der Waals surface area contributed by atoms with Crippen LogP contribution in [0, 0.1) is 23.2 Å². The van der Waals surface area contributed by atoms with Gasteiger partial charge in [0, 0.05) is 24.2 Å². The van der Waals surface area contributed by atoms with Crippen LogP contribution >= 0.6 is 0 Å². The van der Waals surface area contributed by atoms with Gasteiger partial charge in [-0.25, -0.2) is 0 Å². The lowest BCUT2D eigenvalue weighted by molar-refractivity contribution is 0.162. The Kier molecular flexibility index (Phi) is 2.17. The molecule has 5 aliphatic rings. The van der Waals surface area contributed by atoms with Gasteiger partial charge in [-0.1, -0.05) is 6.58 Å². The Balaban J connectivity index is 1.59. The first-order valence-corrected chi connectivity index (χ1v) is 7.72. The fourth-order valence-electron chi connectivity index (χ4n) is 5.75. The smallest absolute Gasteiger partial charge is 0.0175 e. The molecule has 5 rings (SSSR count). The van der Waals surface area contributed by atoms with E-state index in [0.29, 0.717) is 5.41 Å². The lowest BCUT2D eigenvalue weighted by Gasteiger charge is -2.42. The van der Waals surface area contributed by atoms with Crippen molar-refractivity contribution < 1.29 is 0 Å². The standard InChI is InChI=1S/C16H25N/c1-12(17-5-3-2-4-6-17)16-10-13-7-14(11-16)9-15(16)8-13/h13-15H,1-11H2. The molecule has 1 aliphatic heterocycles. The fraction of sp³-hybridized carbons (Fsp3) is 0.875. The molecule has 1 nitrogen and oxygen atoms in total. The molecular formula is C16H25N. The zero-order valence-electron chi connectivity index (χ0n) is 11.0. The molecule has 0 N–H and O–H groups in total. The predicted octanol–water partition coefficient (Wildman–Crippen LogP) is 3.81. The summed E-state index contributed by atoms with van der Waals surface area (Å²) < 4.78 is 0. The van der Waals surface area contributed by atoms with E-state index in [1.807, 2.05) is 0 Å². The number of piperidine rings is 1. The van der Waals surface area contributed by atoms with Crippen LogP contribution in [0.25, 0.3) is 0 Å². The number of hydrogen-bond acceptors (Lipinski definition) is 1. The topological polar surface area (TPSA) is 3.24 Å². The Morgan fingerprint density at radius 1 is 0.941 bits per heavy atom. The van der Waals surface area contributed by atoms with E-state index in [2.05, 4.69) is 11.5 Å². The van der Waals surface area contributed by atoms with Gasteiger partial charge in [-0.2, -0.15) is 0 Å². The minimum absolute atomic E-state index is 0.574. The van der Waals surface area contributed by atoms with Crippen LogP contribution in [0.15, 0.2) is 12.3 Å². The summed E-state index contributed by atoms with van der Waals surface area (Å²) in [6.07, 6.45) is 11.8. The highest BCUT2D eigenvalue weighted by Gasteiger charge is 2.59. The van der Waals surface area contributed by atoms with Gasteiger partial charge in [-0.05, 0) is 69.1 Å². The Morgan fingerprint density at radius 2 is 1.59 bits per heavy atom. The molecule has 5 fully saturated rings. The summed E-state index contributed by atoms with van der Waals surface area (Å²) in [7, 11) is 0. The second kappa shape index (κ2) is 3.52. The summed E-state index contributed by atoms with van der Waals surface area (Å²) in [5.41, 5.74) is 2.14. The molecule has 2 atom stereocenters. The maximum Gasteiger partial charge on any atom is 0.0175 e. The van der Waals surface area contributed by atoms with Crippen LogP contribution in [-0.2, 0) is 0 Å². The number of rotatable bonds is 2. The average Bonchev–Trinajstić information content (AvgIpc) is 2.76. The van der Waals surface area contributed by atoms with Crippen molar-refractivity contribution in [2.75, 3.05) is 13.1 Å². The molecule has 0 aromatic carbocycles. The van der Waals surface area contributed by atoms with Crippen molar-refractivity contribution in [1.29, 1.82) is 0 Å². The number of likely N-dealkylation sites (tertiary alicyclic amines) is 1. The number of nitrogens with zero attached hydrogens (tertiary/aromatic N) is 1. The molecule has 0 aromatic heterocycles. The second-order valence-electron chi connectivity index (χ2n) is 7.19. The van der Waals surface area contributed by atoms with E-state index in [1.54, 1.807) is 12.1 Å². The summed E-state index contributed by atoms with van der Waals surface area (Å²) in [4.78, 5) is 2.66. The molecule has 0 amide bonds. The summed E-state index contributed by atoms with van der Waals surface area (Å²) >= 11 is 0. The van der Waals surface area contributed by atoms with Crippen LogP contribution in [0.2, 0.25) is 0 Å². The first kappa shape index (κ1) is 10.5. The molecule has 1 saturated heterocycles. The summed E-state index contributed by atoms with van der Waals surface area (Å²) in [6, 6.07) is 0. The zero-order valence-corrected chi connectivity index (χ0v) is 11.0. The van der Waals surface area contributed by atoms with Gasteiger partial charge in [-0.3, -0.25) is 0 Å². The van der Waals surface area contributed by atoms with Crippen LogP contribution in [0.5, 0.6) is 0 Å². The minimum Gasteiger partial charge on any atom is -0.375 e. The van der Waals surface area contributed by atoms with E-state index in [4.69, 9.17) is 0 Å². The lowest BCUT2D eigenvalue weighted by Crippen LogP contribution is -2.38. The van der Waals surface area contributed by atoms with Crippen molar-refractivity contribution >= 4 is 0 Å². The highest BCUT2D eigenvalue weighted by molar-refractivity contribution is 5.22. The minimum atomic E-state index is 0.574. The molecule has 4 aliphatic carbocycles. The van der Waals surface area contributed by atoms with Gasteiger partial charge in [0.15, 0.2) is 0 Å². The van der Waals surface area contributed by atoms with Crippen molar-refractivity contribution in [3.05, 3.63) is 12.3 Å². The van der Waals surface area contributed by atoms with Crippen LogP contribution < -0.4 is 0 Å². The van der Waals surface area contributed by atoms with Crippen LogP contribution in [0.1, 0.15) is 51.4 Å². The third-order valence-corrected chi connectivity index (χ3v) is 6.30. The van der Waals surface area contributed by atoms with Crippen molar-refractivity contribution in [2.45, 2.75) is 51.4 Å². The van der Waals surface area contributed by atoms with E-state index in [9.17, 15) is 0 Å². The third kappa shape index (κ3) is 1.37. The molecule has 1 heteroatoms. The van der Waals surface area contributed by atoms with E-state index in [0.717, 1.165) is 17.8 Å². The molecule has 4 saturated carbocycles. The molecule has 94 valence electrons. The maximum atomic E-state index is 4.57. The Morgan fingerprint density at radius 3 is 2.24 bits per heavy atom. The third-order valence-electron chi connectivity index (χ3n) is 6.30. The van der Waals surface area contributed by atoms with Gasteiger partial charge in [0.1, 0.15) is 0 Å². The number of hydrogen-bond donors (Lipinski definition) is 0. The molecule has 4 bridgehead atoms. The predicted molar refractivity (Wildman–Crippen MR) is 70.6 cm³/mol. The monoisotopic (exact) mass is 231 g/mol. The quantitative estimate of drug-likeness (QED) is 0.698. The molecule has 1 heterocycles. The molecule has 2 unspecified atom stereocenters. The fourth-order valence-corrected chi connectivity index (χ4v) is 5.75. The molecule has 0 aromatic rings. The average molecular weight is 231 g/mol. The molecule has 0 spiro atoms. The molecular weight excluding hydrogens is 206 g/mol. The normalized spacial score (nSPS) is 47.8. The first-order valence-electron chi connectivity index (χ1n) is 7.72. The van der Waals surface area contributed by atoms with Crippen molar-refractivity contribution in [3.8, 4) is 0 Å². The molecule has 0 radical (unpaired) electrons. The van der Waals surface area contributed by atoms with Gasteiger partial charge in [0.2, 0.25) is 0 Å². The van der Waals surface area contributed by atoms with Crippen LogP contribution in [-0.4, -0.2) is 18.0 Å². The SMILES string of the molecule is C=C(N1CCCCC1)C12CC3CC(CC1C3)C2. The zero-order chi connectivity index (χ0) is 11.5. The highest BCUT2D eigenvalue weighted by atomic mass is 15.2. The summed E-state index contributed by atoms with van der Waals surface area (Å²) in [5, 5.41) is 0. The molecule has 17 heavy (non-hydrogen) atoms. The van der Waals surface area contributed by atoms with Gasteiger partial charge >= 0.3 is 0 Å². The maximum absolute atomic E-state index is 4.57. The van der Waals surface area contributed by atoms with Crippen molar-refractivity contribution in [3.63, 3.8) is 0 Å². The summed E-state index contributed by atoms with van der Waals surface area (Å²) in [6.45, 7) is 7.16. The Hall–Kier alpha value is -0.460. The van der Waals surface area contributed by atoms with E-state index in [-0.39, 0.29) is 0 Å². The number of allylic oxidation sites excluding steroid dienone is 1.